The van der Waals surface area contributed by atoms with Crippen molar-refractivity contribution in [1.82, 2.24) is 5.32 Å². The summed E-state index contributed by atoms with van der Waals surface area (Å²) in [5, 5.41) is 13.3. The molecule has 0 saturated heterocycles. The molecule has 4 N–H and O–H groups in total. The number of benzene rings is 1. The van der Waals surface area contributed by atoms with Gasteiger partial charge < -0.3 is 16.2 Å². The molecule has 0 heterocycles. The Hall–Kier alpha value is -1.39. The first kappa shape index (κ1) is 15.0. The zero-order chi connectivity index (χ0) is 14.6. The molecule has 1 fully saturated rings. The summed E-state index contributed by atoms with van der Waals surface area (Å²) in [5.74, 6) is 0.537. The number of hydrogen-bond acceptors (Lipinski definition) is 3. The van der Waals surface area contributed by atoms with Crippen LogP contribution in [0.15, 0.2) is 24.3 Å². The molecule has 0 atom stereocenters. The molecular weight excluding hydrogens is 252 g/mol. The van der Waals surface area contributed by atoms with Crippen LogP contribution in [-0.4, -0.2) is 23.2 Å². The third kappa shape index (κ3) is 3.81. The highest BCUT2D eigenvalue weighted by Crippen LogP contribution is 2.31. The highest BCUT2D eigenvalue weighted by atomic mass is 16.3. The SMILES string of the molecule is CC1CCC(O)(CNC(=O)c2ccc(CN)cc2)CC1. The Bertz CT molecular complexity index is 448. The Kier molecular flexibility index (Phi) is 4.78. The molecule has 0 unspecified atom stereocenters. The minimum atomic E-state index is -0.737. The number of carbonyl (C=O) groups excluding carboxylic acids is 1. The van der Waals surface area contributed by atoms with E-state index in [0.29, 0.717) is 24.6 Å². The fourth-order valence-electron chi connectivity index (χ4n) is 2.62. The van der Waals surface area contributed by atoms with E-state index in [1.807, 2.05) is 12.1 Å². The highest BCUT2D eigenvalue weighted by molar-refractivity contribution is 5.94. The minimum absolute atomic E-state index is 0.138. The van der Waals surface area contributed by atoms with Crippen LogP contribution in [0, 0.1) is 5.92 Å². The molecule has 0 aliphatic heterocycles. The second kappa shape index (κ2) is 6.37. The lowest BCUT2D eigenvalue weighted by molar-refractivity contribution is -0.00539. The third-order valence-corrected chi connectivity index (χ3v) is 4.23. The van der Waals surface area contributed by atoms with Gasteiger partial charge in [0.05, 0.1) is 5.60 Å². The Morgan fingerprint density at radius 2 is 1.95 bits per heavy atom. The fourth-order valence-corrected chi connectivity index (χ4v) is 2.62. The summed E-state index contributed by atoms with van der Waals surface area (Å²) >= 11 is 0. The summed E-state index contributed by atoms with van der Waals surface area (Å²) in [5.41, 5.74) is 6.40. The van der Waals surface area contributed by atoms with Gasteiger partial charge in [0.25, 0.3) is 5.91 Å². The van der Waals surface area contributed by atoms with Crippen molar-refractivity contribution in [3.63, 3.8) is 0 Å². The lowest BCUT2D eigenvalue weighted by Crippen LogP contribution is -2.45. The first-order valence-corrected chi connectivity index (χ1v) is 7.32. The van der Waals surface area contributed by atoms with E-state index in [4.69, 9.17) is 5.73 Å². The lowest BCUT2D eigenvalue weighted by Gasteiger charge is -2.34. The van der Waals surface area contributed by atoms with Gasteiger partial charge in [-0.25, -0.2) is 0 Å². The molecule has 1 aromatic carbocycles. The molecule has 0 bridgehead atoms. The van der Waals surface area contributed by atoms with Gasteiger partial charge in [-0.05, 0) is 49.3 Å². The molecule has 4 nitrogen and oxygen atoms in total. The van der Waals surface area contributed by atoms with Crippen molar-refractivity contribution in [3.05, 3.63) is 35.4 Å². The number of rotatable bonds is 4. The van der Waals surface area contributed by atoms with Crippen molar-refractivity contribution in [1.29, 1.82) is 0 Å². The summed E-state index contributed by atoms with van der Waals surface area (Å²) in [7, 11) is 0. The van der Waals surface area contributed by atoms with Gasteiger partial charge in [0.2, 0.25) is 0 Å². The molecule has 0 aromatic heterocycles. The van der Waals surface area contributed by atoms with Crippen LogP contribution in [0.25, 0.3) is 0 Å². The van der Waals surface area contributed by atoms with Crippen LogP contribution in [0.1, 0.15) is 48.5 Å². The molecule has 110 valence electrons. The largest absolute Gasteiger partial charge is 0.388 e. The van der Waals surface area contributed by atoms with Crippen molar-refractivity contribution < 1.29 is 9.90 Å². The normalized spacial score (nSPS) is 26.2. The Morgan fingerprint density at radius 3 is 2.50 bits per heavy atom. The van der Waals surface area contributed by atoms with Crippen molar-refractivity contribution >= 4 is 5.91 Å². The zero-order valence-electron chi connectivity index (χ0n) is 12.1. The summed E-state index contributed by atoms with van der Waals surface area (Å²) in [6.07, 6.45) is 3.58. The van der Waals surface area contributed by atoms with E-state index in [9.17, 15) is 9.90 Å². The molecule has 1 aliphatic carbocycles. The number of nitrogens with two attached hydrogens (primary N) is 1. The quantitative estimate of drug-likeness (QED) is 0.785. The van der Waals surface area contributed by atoms with Gasteiger partial charge in [-0.15, -0.1) is 0 Å². The number of hydrogen-bond donors (Lipinski definition) is 3. The molecule has 1 aliphatic rings. The number of amides is 1. The number of carbonyl (C=O) groups is 1. The Morgan fingerprint density at radius 1 is 1.35 bits per heavy atom. The summed E-state index contributed by atoms with van der Waals surface area (Å²) < 4.78 is 0. The van der Waals surface area contributed by atoms with Crippen molar-refractivity contribution in [3.8, 4) is 0 Å². The average Bonchev–Trinajstić information content (AvgIpc) is 2.48. The van der Waals surface area contributed by atoms with Crippen molar-refractivity contribution in [2.75, 3.05) is 6.54 Å². The third-order valence-electron chi connectivity index (χ3n) is 4.23. The summed E-state index contributed by atoms with van der Waals surface area (Å²) in [6, 6.07) is 7.24. The van der Waals surface area contributed by atoms with Crippen LogP contribution in [-0.2, 0) is 6.54 Å². The first-order valence-electron chi connectivity index (χ1n) is 7.32. The maximum absolute atomic E-state index is 12.0. The predicted octanol–water partition coefficient (Wildman–Crippen LogP) is 1.82. The first-order chi connectivity index (χ1) is 9.52. The fraction of sp³-hybridized carbons (Fsp3) is 0.562. The number of aliphatic hydroxyl groups is 1. The van der Waals surface area contributed by atoms with E-state index < -0.39 is 5.60 Å². The van der Waals surface area contributed by atoms with Gasteiger partial charge in [0.1, 0.15) is 0 Å². The molecule has 1 aromatic rings. The van der Waals surface area contributed by atoms with E-state index >= 15 is 0 Å². The topological polar surface area (TPSA) is 75.3 Å². The smallest absolute Gasteiger partial charge is 0.251 e. The van der Waals surface area contributed by atoms with E-state index in [1.54, 1.807) is 12.1 Å². The van der Waals surface area contributed by atoms with Crippen LogP contribution in [0.4, 0.5) is 0 Å². The molecule has 4 heteroatoms. The zero-order valence-corrected chi connectivity index (χ0v) is 12.1. The van der Waals surface area contributed by atoms with Crippen LogP contribution in [0.5, 0.6) is 0 Å². The van der Waals surface area contributed by atoms with E-state index in [2.05, 4.69) is 12.2 Å². The van der Waals surface area contributed by atoms with Gasteiger partial charge in [-0.1, -0.05) is 19.1 Å². The standard InChI is InChI=1S/C16H24N2O2/c1-12-6-8-16(20,9-7-12)11-18-15(19)14-4-2-13(10-17)3-5-14/h2-5,12,20H,6-11,17H2,1H3,(H,18,19). The van der Waals surface area contributed by atoms with Gasteiger partial charge in [-0.2, -0.15) is 0 Å². The molecule has 2 rings (SSSR count). The van der Waals surface area contributed by atoms with Crippen LogP contribution in [0.3, 0.4) is 0 Å². The Balaban J connectivity index is 1.88. The molecule has 1 saturated carbocycles. The van der Waals surface area contributed by atoms with Crippen molar-refractivity contribution in [2.45, 2.75) is 44.8 Å². The Labute approximate surface area is 120 Å². The predicted molar refractivity (Wildman–Crippen MR) is 79.2 cm³/mol. The average molecular weight is 276 g/mol. The van der Waals surface area contributed by atoms with Crippen LogP contribution >= 0.6 is 0 Å². The van der Waals surface area contributed by atoms with Gasteiger partial charge in [0, 0.05) is 18.7 Å². The molecular formula is C16H24N2O2. The maximum Gasteiger partial charge on any atom is 0.251 e. The monoisotopic (exact) mass is 276 g/mol. The van der Waals surface area contributed by atoms with Gasteiger partial charge in [0.15, 0.2) is 0 Å². The lowest BCUT2D eigenvalue weighted by atomic mass is 9.79. The minimum Gasteiger partial charge on any atom is -0.388 e. The summed E-state index contributed by atoms with van der Waals surface area (Å²) in [6.45, 7) is 3.01. The molecule has 0 radical (unpaired) electrons. The van der Waals surface area contributed by atoms with Gasteiger partial charge in [-0.3, -0.25) is 4.79 Å². The molecule has 1 amide bonds. The maximum atomic E-state index is 12.0. The summed E-state index contributed by atoms with van der Waals surface area (Å²) in [4.78, 5) is 12.0. The highest BCUT2D eigenvalue weighted by Gasteiger charge is 2.32. The second-order valence-corrected chi connectivity index (χ2v) is 5.99. The second-order valence-electron chi connectivity index (χ2n) is 5.99. The van der Waals surface area contributed by atoms with E-state index in [0.717, 1.165) is 31.2 Å². The van der Waals surface area contributed by atoms with Crippen molar-refractivity contribution in [2.24, 2.45) is 11.7 Å². The molecule has 0 spiro atoms. The van der Waals surface area contributed by atoms with E-state index in [-0.39, 0.29) is 5.91 Å². The van der Waals surface area contributed by atoms with Crippen LogP contribution < -0.4 is 11.1 Å². The van der Waals surface area contributed by atoms with Crippen LogP contribution in [0.2, 0.25) is 0 Å². The van der Waals surface area contributed by atoms with E-state index in [1.165, 1.54) is 0 Å². The van der Waals surface area contributed by atoms with Gasteiger partial charge >= 0.3 is 0 Å². The number of nitrogens with one attached hydrogen (secondary N) is 1. The molecule has 20 heavy (non-hydrogen) atoms.